The Morgan fingerprint density at radius 3 is 2.39 bits per heavy atom. The Labute approximate surface area is 112 Å². The second-order valence-corrected chi connectivity index (χ2v) is 7.50. The van der Waals surface area contributed by atoms with Crippen LogP contribution in [0.4, 0.5) is 0 Å². The lowest BCUT2D eigenvalue weighted by atomic mass is 10.0. The van der Waals surface area contributed by atoms with Gasteiger partial charge in [-0.15, -0.1) is 0 Å². The number of rotatable bonds is 10. The van der Waals surface area contributed by atoms with Gasteiger partial charge in [-0.25, -0.2) is 13.1 Å². The number of nitrogens with one attached hydrogen (secondary N) is 2. The first kappa shape index (κ1) is 15.9. The van der Waals surface area contributed by atoms with Crippen LogP contribution >= 0.6 is 0 Å². The molecule has 1 aliphatic carbocycles. The molecule has 1 rings (SSSR count). The van der Waals surface area contributed by atoms with Crippen molar-refractivity contribution >= 4 is 10.0 Å². The minimum absolute atomic E-state index is 0.0691. The molecule has 1 fully saturated rings. The number of hydrogen-bond donors (Lipinski definition) is 2. The maximum absolute atomic E-state index is 11.9. The van der Waals surface area contributed by atoms with Crippen molar-refractivity contribution in [1.29, 1.82) is 0 Å². The summed E-state index contributed by atoms with van der Waals surface area (Å²) in [7, 11) is -3.10. The SMILES string of the molecule is CCC(NS(=O)(=O)CCCCNC1CC1)C(C)C. The lowest BCUT2D eigenvalue weighted by molar-refractivity contribution is 0.436. The molecule has 1 saturated carbocycles. The summed E-state index contributed by atoms with van der Waals surface area (Å²) in [5.74, 6) is 0.601. The predicted octanol–water partition coefficient (Wildman–Crippen LogP) is 1.87. The first-order valence-electron chi connectivity index (χ1n) is 7.18. The highest BCUT2D eigenvalue weighted by atomic mass is 32.2. The third kappa shape index (κ3) is 6.71. The second-order valence-electron chi connectivity index (χ2n) is 5.63. The standard InChI is InChI=1S/C13H28N2O2S/c1-4-13(11(2)3)15-18(16,17)10-6-5-9-14-12-7-8-12/h11-15H,4-10H2,1-3H3. The fourth-order valence-electron chi connectivity index (χ4n) is 1.99. The van der Waals surface area contributed by atoms with Crippen LogP contribution in [0.1, 0.15) is 52.9 Å². The van der Waals surface area contributed by atoms with Gasteiger partial charge >= 0.3 is 0 Å². The van der Waals surface area contributed by atoms with Crippen molar-refractivity contribution in [3.63, 3.8) is 0 Å². The molecule has 0 radical (unpaired) electrons. The van der Waals surface area contributed by atoms with Gasteiger partial charge in [0.1, 0.15) is 0 Å². The third-order valence-corrected chi connectivity index (χ3v) is 4.91. The van der Waals surface area contributed by atoms with E-state index in [0.29, 0.717) is 12.0 Å². The van der Waals surface area contributed by atoms with E-state index in [1.165, 1.54) is 12.8 Å². The lowest BCUT2D eigenvalue weighted by Crippen LogP contribution is -2.39. The quantitative estimate of drug-likeness (QED) is 0.599. The van der Waals surface area contributed by atoms with Crippen LogP contribution in [0.5, 0.6) is 0 Å². The number of unbranched alkanes of at least 4 members (excludes halogenated alkanes) is 1. The van der Waals surface area contributed by atoms with E-state index >= 15 is 0 Å². The Bertz CT molecular complexity index is 324. The van der Waals surface area contributed by atoms with Gasteiger partial charge in [-0.2, -0.15) is 0 Å². The molecular formula is C13H28N2O2S. The molecule has 108 valence electrons. The zero-order valence-corrected chi connectivity index (χ0v) is 12.7. The average molecular weight is 276 g/mol. The molecule has 0 aromatic rings. The predicted molar refractivity (Wildman–Crippen MR) is 76.1 cm³/mol. The summed E-state index contributed by atoms with van der Waals surface area (Å²) in [6.07, 6.45) is 5.10. The van der Waals surface area contributed by atoms with Crippen LogP contribution in [0.2, 0.25) is 0 Å². The van der Waals surface area contributed by atoms with E-state index in [1.807, 2.05) is 6.92 Å². The first-order valence-corrected chi connectivity index (χ1v) is 8.83. The summed E-state index contributed by atoms with van der Waals surface area (Å²) in [5.41, 5.74) is 0. The highest BCUT2D eigenvalue weighted by Crippen LogP contribution is 2.18. The van der Waals surface area contributed by atoms with Gasteiger partial charge in [-0.3, -0.25) is 0 Å². The molecule has 0 heterocycles. The second kappa shape index (κ2) is 7.46. The van der Waals surface area contributed by atoms with Crippen LogP contribution in [0.3, 0.4) is 0 Å². The topological polar surface area (TPSA) is 58.2 Å². The molecule has 18 heavy (non-hydrogen) atoms. The van der Waals surface area contributed by atoms with Gasteiger partial charge in [0.25, 0.3) is 0 Å². The fraction of sp³-hybridized carbons (Fsp3) is 1.00. The summed E-state index contributed by atoms with van der Waals surface area (Å²) in [4.78, 5) is 0. The molecular weight excluding hydrogens is 248 g/mol. The molecule has 0 aliphatic heterocycles. The van der Waals surface area contributed by atoms with Crippen molar-refractivity contribution in [2.45, 2.75) is 65.0 Å². The molecule has 0 bridgehead atoms. The van der Waals surface area contributed by atoms with E-state index < -0.39 is 10.0 Å². The number of sulfonamides is 1. The fourth-order valence-corrected chi connectivity index (χ4v) is 3.59. The zero-order chi connectivity index (χ0) is 13.6. The van der Waals surface area contributed by atoms with E-state index in [1.54, 1.807) is 0 Å². The van der Waals surface area contributed by atoms with Crippen LogP contribution in [0, 0.1) is 5.92 Å². The molecule has 0 aromatic carbocycles. The van der Waals surface area contributed by atoms with Crippen LogP contribution in [-0.2, 0) is 10.0 Å². The van der Waals surface area contributed by atoms with Crippen LogP contribution in [0.25, 0.3) is 0 Å². The molecule has 4 nitrogen and oxygen atoms in total. The Morgan fingerprint density at radius 2 is 1.89 bits per heavy atom. The maximum Gasteiger partial charge on any atom is 0.211 e. The van der Waals surface area contributed by atoms with Gasteiger partial charge in [0.2, 0.25) is 10.0 Å². The average Bonchev–Trinajstić information content (AvgIpc) is 3.09. The van der Waals surface area contributed by atoms with Crippen molar-refractivity contribution in [3.05, 3.63) is 0 Å². The zero-order valence-electron chi connectivity index (χ0n) is 11.9. The monoisotopic (exact) mass is 276 g/mol. The normalized spacial score (nSPS) is 18.2. The highest BCUT2D eigenvalue weighted by molar-refractivity contribution is 7.89. The lowest BCUT2D eigenvalue weighted by Gasteiger charge is -2.20. The first-order chi connectivity index (χ1) is 8.44. The van der Waals surface area contributed by atoms with Crippen molar-refractivity contribution in [2.24, 2.45) is 5.92 Å². The van der Waals surface area contributed by atoms with Crippen molar-refractivity contribution in [3.8, 4) is 0 Å². The van der Waals surface area contributed by atoms with E-state index in [9.17, 15) is 8.42 Å². The smallest absolute Gasteiger partial charge is 0.211 e. The summed E-state index contributed by atoms with van der Waals surface area (Å²) >= 11 is 0. The van der Waals surface area contributed by atoms with Gasteiger partial charge < -0.3 is 5.32 Å². The van der Waals surface area contributed by atoms with Crippen molar-refractivity contribution < 1.29 is 8.42 Å². The van der Waals surface area contributed by atoms with Gasteiger partial charge in [0.15, 0.2) is 0 Å². The molecule has 5 heteroatoms. The van der Waals surface area contributed by atoms with Crippen molar-refractivity contribution in [2.75, 3.05) is 12.3 Å². The van der Waals surface area contributed by atoms with Crippen molar-refractivity contribution in [1.82, 2.24) is 10.0 Å². The minimum Gasteiger partial charge on any atom is -0.314 e. The van der Waals surface area contributed by atoms with Crippen LogP contribution in [-0.4, -0.2) is 32.8 Å². The highest BCUT2D eigenvalue weighted by Gasteiger charge is 2.20. The molecule has 0 spiro atoms. The Balaban J connectivity index is 2.16. The van der Waals surface area contributed by atoms with Gasteiger partial charge in [-0.05, 0) is 44.6 Å². The maximum atomic E-state index is 11.9. The van der Waals surface area contributed by atoms with Gasteiger partial charge in [-0.1, -0.05) is 20.8 Å². The molecule has 2 N–H and O–H groups in total. The van der Waals surface area contributed by atoms with Gasteiger partial charge in [0.05, 0.1) is 5.75 Å². The van der Waals surface area contributed by atoms with Gasteiger partial charge in [0, 0.05) is 12.1 Å². The summed E-state index contributed by atoms with van der Waals surface area (Å²) in [6, 6.07) is 0.782. The molecule has 1 aliphatic rings. The largest absolute Gasteiger partial charge is 0.314 e. The van der Waals surface area contributed by atoms with E-state index in [4.69, 9.17) is 0 Å². The summed E-state index contributed by atoms with van der Waals surface area (Å²) in [5, 5.41) is 3.40. The Kier molecular flexibility index (Phi) is 6.60. The number of hydrogen-bond acceptors (Lipinski definition) is 3. The minimum atomic E-state index is -3.10. The van der Waals surface area contributed by atoms with Crippen LogP contribution < -0.4 is 10.0 Å². The Morgan fingerprint density at radius 1 is 1.22 bits per heavy atom. The molecule has 0 aromatic heterocycles. The van der Waals surface area contributed by atoms with Crippen LogP contribution in [0.15, 0.2) is 0 Å². The van der Waals surface area contributed by atoms with E-state index in [0.717, 1.165) is 25.8 Å². The van der Waals surface area contributed by atoms with E-state index in [2.05, 4.69) is 23.9 Å². The summed E-state index contributed by atoms with van der Waals surface area (Å²) < 4.78 is 26.6. The van der Waals surface area contributed by atoms with E-state index in [-0.39, 0.29) is 11.8 Å². The Hall–Kier alpha value is -0.130. The third-order valence-electron chi connectivity index (χ3n) is 3.43. The summed E-state index contributed by atoms with van der Waals surface area (Å²) in [6.45, 7) is 7.07. The molecule has 0 saturated heterocycles. The molecule has 1 atom stereocenters. The molecule has 1 unspecified atom stereocenters. The molecule has 0 amide bonds.